The van der Waals surface area contributed by atoms with Crippen LogP contribution in [0.1, 0.15) is 5.56 Å². The summed E-state index contributed by atoms with van der Waals surface area (Å²) in [5.41, 5.74) is 3.66. The van der Waals surface area contributed by atoms with Gasteiger partial charge in [0.1, 0.15) is 12.4 Å². The number of aromatic nitrogens is 1. The topological polar surface area (TPSA) is 28.6 Å². The van der Waals surface area contributed by atoms with Gasteiger partial charge >= 0.3 is 0 Å². The van der Waals surface area contributed by atoms with Crippen molar-refractivity contribution in [1.29, 1.82) is 0 Å². The summed E-state index contributed by atoms with van der Waals surface area (Å²) < 4.78 is 6.98. The van der Waals surface area contributed by atoms with Gasteiger partial charge < -0.3 is 14.5 Å². The number of benzene rings is 2. The van der Waals surface area contributed by atoms with Gasteiger partial charge in [0.25, 0.3) is 0 Å². The first-order valence-corrected chi connectivity index (χ1v) is 9.94. The molecule has 0 unspecified atom stereocenters. The summed E-state index contributed by atoms with van der Waals surface area (Å²) in [6.45, 7) is 4.65. The molecule has 2 aromatic carbocycles. The molecule has 0 aliphatic carbocycles. The van der Waals surface area contributed by atoms with Crippen molar-refractivity contribution in [3.05, 3.63) is 83.1 Å². The second-order valence-electron chi connectivity index (χ2n) is 6.59. The average Bonchev–Trinajstić information content (AvgIpc) is 2.75. The molecule has 0 amide bonds. The van der Waals surface area contributed by atoms with Crippen molar-refractivity contribution in [2.45, 2.75) is 6.61 Å². The Labute approximate surface area is 168 Å². The third kappa shape index (κ3) is 4.61. The predicted octanol–water partition coefficient (Wildman–Crippen LogP) is 4.75. The van der Waals surface area contributed by atoms with Gasteiger partial charge in [0.15, 0.2) is 0 Å². The molecular formula is C22H22BrN3O. The number of anilines is 2. The summed E-state index contributed by atoms with van der Waals surface area (Å²) in [4.78, 5) is 8.94. The van der Waals surface area contributed by atoms with Gasteiger partial charge in [-0.3, -0.25) is 4.98 Å². The van der Waals surface area contributed by atoms with Gasteiger partial charge in [-0.15, -0.1) is 0 Å². The monoisotopic (exact) mass is 423 g/mol. The molecule has 4 rings (SSSR count). The van der Waals surface area contributed by atoms with Gasteiger partial charge in [0.2, 0.25) is 0 Å². The minimum absolute atomic E-state index is 0.581. The first-order valence-electron chi connectivity index (χ1n) is 9.15. The molecule has 0 saturated carbocycles. The van der Waals surface area contributed by atoms with Gasteiger partial charge in [-0.2, -0.15) is 0 Å². The molecule has 0 spiro atoms. The van der Waals surface area contributed by atoms with Gasteiger partial charge in [-0.25, -0.2) is 0 Å². The third-order valence-corrected chi connectivity index (χ3v) is 5.36. The van der Waals surface area contributed by atoms with Crippen molar-refractivity contribution in [3.8, 4) is 5.75 Å². The predicted molar refractivity (Wildman–Crippen MR) is 114 cm³/mol. The van der Waals surface area contributed by atoms with E-state index in [1.165, 1.54) is 11.4 Å². The van der Waals surface area contributed by atoms with E-state index in [1.807, 2.05) is 24.5 Å². The Hall–Kier alpha value is -2.53. The average molecular weight is 424 g/mol. The van der Waals surface area contributed by atoms with Crippen LogP contribution in [-0.4, -0.2) is 31.2 Å². The largest absolute Gasteiger partial charge is 0.489 e. The fourth-order valence-electron chi connectivity index (χ4n) is 3.28. The number of hydrogen-bond acceptors (Lipinski definition) is 4. The Morgan fingerprint density at radius 2 is 1.30 bits per heavy atom. The van der Waals surface area contributed by atoms with Crippen LogP contribution < -0.4 is 14.5 Å². The fraction of sp³-hybridized carbons (Fsp3) is 0.227. The highest BCUT2D eigenvalue weighted by Crippen LogP contribution is 2.23. The lowest BCUT2D eigenvalue weighted by atomic mass is 10.2. The summed E-state index contributed by atoms with van der Waals surface area (Å²) in [6, 6.07) is 20.8. The lowest BCUT2D eigenvalue weighted by molar-refractivity contribution is 0.306. The van der Waals surface area contributed by atoms with Crippen molar-refractivity contribution in [3.63, 3.8) is 0 Å². The van der Waals surface area contributed by atoms with Crippen molar-refractivity contribution < 1.29 is 4.74 Å². The molecule has 0 radical (unpaired) electrons. The summed E-state index contributed by atoms with van der Waals surface area (Å²) in [6.07, 6.45) is 3.71. The Bertz CT molecular complexity index is 845. The first kappa shape index (κ1) is 17.9. The van der Waals surface area contributed by atoms with Crippen molar-refractivity contribution in [1.82, 2.24) is 4.98 Å². The number of halogens is 1. The van der Waals surface area contributed by atoms with Crippen LogP contribution in [0.15, 0.2) is 77.5 Å². The SMILES string of the molecule is Brc1ccc(COc2ccc(N3CCN(c4ccncc4)CC3)cc2)cc1. The zero-order chi connectivity index (χ0) is 18.5. The van der Waals surface area contributed by atoms with E-state index in [-0.39, 0.29) is 0 Å². The number of ether oxygens (including phenoxy) is 1. The molecule has 138 valence electrons. The summed E-state index contributed by atoms with van der Waals surface area (Å²) in [5.74, 6) is 0.900. The van der Waals surface area contributed by atoms with Gasteiger partial charge in [0.05, 0.1) is 0 Å². The standard InChI is InChI=1S/C22H22BrN3O/c23-19-3-1-18(2-4-19)17-27-22-7-5-20(6-8-22)25-13-15-26(16-14-25)21-9-11-24-12-10-21/h1-12H,13-17H2. The zero-order valence-corrected chi connectivity index (χ0v) is 16.7. The van der Waals surface area contributed by atoms with Crippen LogP contribution in [0.2, 0.25) is 0 Å². The van der Waals surface area contributed by atoms with E-state index in [9.17, 15) is 0 Å². The molecule has 1 aliphatic rings. The van der Waals surface area contributed by atoms with E-state index in [0.717, 1.165) is 42.0 Å². The van der Waals surface area contributed by atoms with Gasteiger partial charge in [-0.05, 0) is 54.1 Å². The maximum atomic E-state index is 5.90. The Morgan fingerprint density at radius 1 is 0.741 bits per heavy atom. The summed E-state index contributed by atoms with van der Waals surface area (Å²) in [5, 5.41) is 0. The molecule has 3 aromatic rings. The lowest BCUT2D eigenvalue weighted by Crippen LogP contribution is -2.46. The molecule has 0 atom stereocenters. The van der Waals surface area contributed by atoms with E-state index in [0.29, 0.717) is 6.61 Å². The maximum absolute atomic E-state index is 5.90. The van der Waals surface area contributed by atoms with E-state index in [1.54, 1.807) is 0 Å². The van der Waals surface area contributed by atoms with E-state index in [2.05, 4.69) is 79.2 Å². The smallest absolute Gasteiger partial charge is 0.119 e. The number of nitrogens with zero attached hydrogens (tertiary/aromatic N) is 3. The number of pyridine rings is 1. The van der Waals surface area contributed by atoms with Crippen LogP contribution in [0.4, 0.5) is 11.4 Å². The molecule has 2 heterocycles. The molecule has 4 nitrogen and oxygen atoms in total. The van der Waals surface area contributed by atoms with Crippen LogP contribution >= 0.6 is 15.9 Å². The van der Waals surface area contributed by atoms with Crippen molar-refractivity contribution >= 4 is 27.3 Å². The number of rotatable bonds is 5. The summed E-state index contributed by atoms with van der Waals surface area (Å²) >= 11 is 3.45. The number of hydrogen-bond donors (Lipinski definition) is 0. The highest BCUT2D eigenvalue weighted by atomic mass is 79.9. The lowest BCUT2D eigenvalue weighted by Gasteiger charge is -2.37. The molecule has 1 aromatic heterocycles. The molecule has 1 saturated heterocycles. The Morgan fingerprint density at radius 3 is 1.89 bits per heavy atom. The van der Waals surface area contributed by atoms with Gasteiger partial charge in [-0.1, -0.05) is 28.1 Å². The highest BCUT2D eigenvalue weighted by molar-refractivity contribution is 9.10. The molecule has 0 N–H and O–H groups in total. The minimum Gasteiger partial charge on any atom is -0.489 e. The number of piperazine rings is 1. The fourth-order valence-corrected chi connectivity index (χ4v) is 3.54. The van der Waals surface area contributed by atoms with Crippen LogP contribution in [0, 0.1) is 0 Å². The molecule has 5 heteroatoms. The maximum Gasteiger partial charge on any atom is 0.119 e. The zero-order valence-electron chi connectivity index (χ0n) is 15.1. The van der Waals surface area contributed by atoms with Crippen molar-refractivity contribution in [2.75, 3.05) is 36.0 Å². The second-order valence-corrected chi connectivity index (χ2v) is 7.50. The van der Waals surface area contributed by atoms with Crippen LogP contribution in [0.5, 0.6) is 5.75 Å². The van der Waals surface area contributed by atoms with Gasteiger partial charge in [0, 0.05) is 54.4 Å². The first-order chi connectivity index (χ1) is 13.3. The highest BCUT2D eigenvalue weighted by Gasteiger charge is 2.17. The molecule has 1 aliphatic heterocycles. The van der Waals surface area contributed by atoms with Crippen LogP contribution in [-0.2, 0) is 6.61 Å². The quantitative estimate of drug-likeness (QED) is 0.591. The Balaban J connectivity index is 1.31. The molecule has 1 fully saturated rings. The third-order valence-electron chi connectivity index (χ3n) is 4.83. The molecule has 0 bridgehead atoms. The molecule has 27 heavy (non-hydrogen) atoms. The normalized spacial score (nSPS) is 14.3. The van der Waals surface area contributed by atoms with E-state index < -0.39 is 0 Å². The minimum atomic E-state index is 0.581. The van der Waals surface area contributed by atoms with Crippen LogP contribution in [0.25, 0.3) is 0 Å². The van der Waals surface area contributed by atoms with E-state index in [4.69, 9.17) is 4.74 Å². The molecular weight excluding hydrogens is 402 g/mol. The Kier molecular flexibility index (Phi) is 5.58. The van der Waals surface area contributed by atoms with Crippen molar-refractivity contribution in [2.24, 2.45) is 0 Å². The summed E-state index contributed by atoms with van der Waals surface area (Å²) in [7, 11) is 0. The van der Waals surface area contributed by atoms with Crippen LogP contribution in [0.3, 0.4) is 0 Å². The second kappa shape index (κ2) is 8.44. The van der Waals surface area contributed by atoms with E-state index >= 15 is 0 Å².